The van der Waals surface area contributed by atoms with Gasteiger partial charge in [0.1, 0.15) is 0 Å². The Morgan fingerprint density at radius 2 is 1.75 bits per heavy atom. The molecule has 1 aliphatic rings. The molecule has 1 aromatic carbocycles. The van der Waals surface area contributed by atoms with Crippen molar-refractivity contribution in [1.82, 2.24) is 4.31 Å². The summed E-state index contributed by atoms with van der Waals surface area (Å²) in [6.07, 6.45) is 0.780. The summed E-state index contributed by atoms with van der Waals surface area (Å²) in [7, 11) is -3.44. The fourth-order valence-corrected chi connectivity index (χ4v) is 4.66. The molecule has 4 nitrogen and oxygen atoms in total. The van der Waals surface area contributed by atoms with Crippen LogP contribution in [0.1, 0.15) is 38.8 Å². The molecule has 0 saturated heterocycles. The molecule has 0 radical (unpaired) electrons. The quantitative estimate of drug-likeness (QED) is 0.858. The van der Waals surface area contributed by atoms with Crippen molar-refractivity contribution in [1.29, 1.82) is 0 Å². The van der Waals surface area contributed by atoms with E-state index in [0.717, 1.165) is 17.5 Å². The van der Waals surface area contributed by atoms with Crippen LogP contribution in [0, 0.1) is 0 Å². The number of nitrogens with zero attached hydrogens (tertiary/aromatic N) is 1. The molecule has 1 aromatic rings. The molecule has 20 heavy (non-hydrogen) atoms. The fraction of sp³-hybridized carbons (Fsp3) is 0.600. The van der Waals surface area contributed by atoms with E-state index < -0.39 is 10.0 Å². The van der Waals surface area contributed by atoms with E-state index in [-0.39, 0.29) is 12.1 Å². The minimum absolute atomic E-state index is 0.0561. The fourth-order valence-electron chi connectivity index (χ4n) is 2.77. The van der Waals surface area contributed by atoms with Crippen molar-refractivity contribution >= 4 is 10.0 Å². The topological polar surface area (TPSA) is 46.6 Å². The van der Waals surface area contributed by atoms with Gasteiger partial charge in [0, 0.05) is 12.1 Å². The average molecular weight is 297 g/mol. The van der Waals surface area contributed by atoms with E-state index >= 15 is 0 Å². The van der Waals surface area contributed by atoms with Crippen LogP contribution in [0.25, 0.3) is 0 Å². The van der Waals surface area contributed by atoms with Gasteiger partial charge in [-0.15, -0.1) is 0 Å². The van der Waals surface area contributed by atoms with Crippen LogP contribution in [0.5, 0.6) is 0 Å². The second-order valence-electron chi connectivity index (χ2n) is 5.76. The van der Waals surface area contributed by atoms with Crippen LogP contribution in [-0.4, -0.2) is 31.4 Å². The summed E-state index contributed by atoms with van der Waals surface area (Å²) in [6, 6.07) is 5.27. The summed E-state index contributed by atoms with van der Waals surface area (Å²) in [4.78, 5) is 0.389. The smallest absolute Gasteiger partial charge is 0.243 e. The van der Waals surface area contributed by atoms with E-state index in [2.05, 4.69) is 0 Å². The number of ether oxygens (including phenoxy) is 1. The van der Waals surface area contributed by atoms with Gasteiger partial charge in [0.2, 0.25) is 10.0 Å². The molecule has 0 spiro atoms. The zero-order valence-electron chi connectivity index (χ0n) is 12.6. The Balaban J connectivity index is 2.43. The van der Waals surface area contributed by atoms with Gasteiger partial charge in [-0.25, -0.2) is 8.42 Å². The van der Waals surface area contributed by atoms with Gasteiger partial charge in [-0.1, -0.05) is 6.07 Å². The Kier molecular flexibility index (Phi) is 4.52. The maximum Gasteiger partial charge on any atom is 0.243 e. The predicted octanol–water partition coefficient (Wildman–Crippen LogP) is 2.57. The molecule has 0 amide bonds. The van der Waals surface area contributed by atoms with E-state index in [0.29, 0.717) is 18.1 Å². The molecule has 0 fully saturated rings. The summed E-state index contributed by atoms with van der Waals surface area (Å²) < 4.78 is 32.5. The van der Waals surface area contributed by atoms with Gasteiger partial charge in [-0.3, -0.25) is 0 Å². The molecule has 1 heterocycles. The third kappa shape index (κ3) is 2.90. The molecule has 0 N–H and O–H groups in total. The van der Waals surface area contributed by atoms with Crippen LogP contribution >= 0.6 is 0 Å². The molecule has 0 aliphatic carbocycles. The Morgan fingerprint density at radius 1 is 1.10 bits per heavy atom. The summed E-state index contributed by atoms with van der Waals surface area (Å²) in [6.45, 7) is 8.86. The van der Waals surface area contributed by atoms with Crippen LogP contribution in [0.2, 0.25) is 0 Å². The number of hydrogen-bond donors (Lipinski definition) is 0. The van der Waals surface area contributed by atoms with Crippen molar-refractivity contribution < 1.29 is 13.2 Å². The van der Waals surface area contributed by atoms with Crippen LogP contribution in [0.3, 0.4) is 0 Å². The van der Waals surface area contributed by atoms with Gasteiger partial charge < -0.3 is 4.74 Å². The van der Waals surface area contributed by atoms with Gasteiger partial charge >= 0.3 is 0 Å². The van der Waals surface area contributed by atoms with Crippen molar-refractivity contribution in [3.8, 4) is 0 Å². The average Bonchev–Trinajstić information content (AvgIpc) is 2.36. The summed E-state index contributed by atoms with van der Waals surface area (Å²) in [5.41, 5.74) is 2.18. The number of benzene rings is 1. The zero-order chi connectivity index (χ0) is 14.9. The Morgan fingerprint density at radius 3 is 2.35 bits per heavy atom. The predicted molar refractivity (Wildman–Crippen MR) is 79.1 cm³/mol. The normalized spacial score (nSPS) is 15.9. The Labute approximate surface area is 121 Å². The molecule has 112 valence electrons. The first-order chi connectivity index (χ1) is 9.34. The summed E-state index contributed by atoms with van der Waals surface area (Å²) in [5.74, 6) is 0. The molecule has 5 heteroatoms. The third-order valence-corrected chi connectivity index (χ3v) is 5.79. The van der Waals surface area contributed by atoms with E-state index in [9.17, 15) is 8.42 Å². The molecule has 0 aromatic heterocycles. The Bertz CT molecular complexity index is 571. The second-order valence-corrected chi connectivity index (χ2v) is 7.60. The molecular weight excluding hydrogens is 274 g/mol. The highest BCUT2D eigenvalue weighted by atomic mass is 32.2. The highest BCUT2D eigenvalue weighted by Gasteiger charge is 2.30. The maximum atomic E-state index is 12.8. The highest BCUT2D eigenvalue weighted by Crippen LogP contribution is 2.25. The maximum absolute atomic E-state index is 12.8. The lowest BCUT2D eigenvalue weighted by Gasteiger charge is -2.30. The molecule has 0 unspecified atom stereocenters. The first kappa shape index (κ1) is 15.5. The van der Waals surface area contributed by atoms with Crippen molar-refractivity contribution in [2.45, 2.75) is 57.7 Å². The standard InChI is InChI=1S/C15H23NO3S/c1-11(2)16(12(3)4)20(17,18)15-6-5-14-10-19-8-7-13(14)9-15/h5-6,9,11-12H,7-8,10H2,1-4H3. The minimum Gasteiger partial charge on any atom is -0.376 e. The SMILES string of the molecule is CC(C)N(C(C)C)S(=O)(=O)c1ccc2c(c1)CCOC2. The van der Waals surface area contributed by atoms with Crippen LogP contribution in [-0.2, 0) is 27.8 Å². The molecule has 1 aliphatic heterocycles. The van der Waals surface area contributed by atoms with Crippen molar-refractivity contribution in [3.05, 3.63) is 29.3 Å². The lowest BCUT2D eigenvalue weighted by molar-refractivity contribution is 0.110. The zero-order valence-corrected chi connectivity index (χ0v) is 13.4. The summed E-state index contributed by atoms with van der Waals surface area (Å²) in [5, 5.41) is 0. The molecular formula is C15H23NO3S. The van der Waals surface area contributed by atoms with Crippen LogP contribution in [0.4, 0.5) is 0 Å². The van der Waals surface area contributed by atoms with Gasteiger partial charge in [0.25, 0.3) is 0 Å². The highest BCUT2D eigenvalue weighted by molar-refractivity contribution is 7.89. The van der Waals surface area contributed by atoms with E-state index in [1.165, 1.54) is 0 Å². The number of rotatable bonds is 4. The first-order valence-electron chi connectivity index (χ1n) is 7.07. The number of sulfonamides is 1. The van der Waals surface area contributed by atoms with Gasteiger partial charge in [0.05, 0.1) is 18.1 Å². The van der Waals surface area contributed by atoms with Crippen molar-refractivity contribution in [3.63, 3.8) is 0 Å². The van der Waals surface area contributed by atoms with Crippen LogP contribution in [0.15, 0.2) is 23.1 Å². The largest absolute Gasteiger partial charge is 0.376 e. The Hall–Kier alpha value is -0.910. The lowest BCUT2D eigenvalue weighted by atomic mass is 10.0. The monoisotopic (exact) mass is 297 g/mol. The van der Waals surface area contributed by atoms with Gasteiger partial charge in [0.15, 0.2) is 0 Å². The molecule has 0 atom stereocenters. The first-order valence-corrected chi connectivity index (χ1v) is 8.51. The van der Waals surface area contributed by atoms with Gasteiger partial charge in [-0.2, -0.15) is 4.31 Å². The van der Waals surface area contributed by atoms with Crippen molar-refractivity contribution in [2.75, 3.05) is 6.61 Å². The number of fused-ring (bicyclic) bond motifs is 1. The van der Waals surface area contributed by atoms with E-state index in [1.54, 1.807) is 10.4 Å². The van der Waals surface area contributed by atoms with E-state index in [1.807, 2.05) is 39.8 Å². The molecule has 0 saturated carbocycles. The minimum atomic E-state index is -3.44. The van der Waals surface area contributed by atoms with E-state index in [4.69, 9.17) is 4.74 Å². The van der Waals surface area contributed by atoms with Gasteiger partial charge in [-0.05, 0) is 57.4 Å². The van der Waals surface area contributed by atoms with Crippen LogP contribution < -0.4 is 0 Å². The molecule has 2 rings (SSSR count). The lowest BCUT2D eigenvalue weighted by Crippen LogP contribution is -2.42. The third-order valence-electron chi connectivity index (χ3n) is 3.54. The molecule has 0 bridgehead atoms. The van der Waals surface area contributed by atoms with Crippen molar-refractivity contribution in [2.24, 2.45) is 0 Å². The summed E-state index contributed by atoms with van der Waals surface area (Å²) >= 11 is 0. The second kappa shape index (κ2) is 5.84. The number of hydrogen-bond acceptors (Lipinski definition) is 3.